The summed E-state index contributed by atoms with van der Waals surface area (Å²) in [6.07, 6.45) is 1.05. The molecule has 1 aromatic heterocycles. The van der Waals surface area contributed by atoms with Gasteiger partial charge in [-0.25, -0.2) is 4.79 Å². The summed E-state index contributed by atoms with van der Waals surface area (Å²) in [5.41, 5.74) is 2.37. The van der Waals surface area contributed by atoms with Crippen LogP contribution in [0.15, 0.2) is 60.8 Å². The lowest BCUT2D eigenvalue weighted by atomic mass is 10.1. The van der Waals surface area contributed by atoms with Crippen molar-refractivity contribution >= 4 is 22.7 Å². The average Bonchev–Trinajstić information content (AvgIpc) is 2.60. The Labute approximate surface area is 133 Å². The second-order valence-corrected chi connectivity index (χ2v) is 4.86. The van der Waals surface area contributed by atoms with Gasteiger partial charge in [0.15, 0.2) is 0 Å². The van der Waals surface area contributed by atoms with Crippen LogP contribution in [0.1, 0.15) is 11.1 Å². The third-order valence-corrected chi connectivity index (χ3v) is 3.35. The van der Waals surface area contributed by atoms with E-state index in [0.29, 0.717) is 22.2 Å². The Kier molecular flexibility index (Phi) is 4.16. The van der Waals surface area contributed by atoms with Gasteiger partial charge in [-0.2, -0.15) is 5.26 Å². The van der Waals surface area contributed by atoms with Gasteiger partial charge in [0, 0.05) is 11.6 Å². The number of carbonyl (C=O) groups excluding carboxylic acids is 1. The number of pyridine rings is 1. The number of anilines is 1. The number of ether oxygens (including phenoxy) is 1. The molecule has 5 heteroatoms. The molecule has 1 N–H and O–H groups in total. The third kappa shape index (κ3) is 3.27. The highest BCUT2D eigenvalue weighted by Gasteiger charge is 2.11. The summed E-state index contributed by atoms with van der Waals surface area (Å²) < 4.78 is 5.17. The second kappa shape index (κ2) is 6.58. The lowest BCUT2D eigenvalue weighted by Crippen LogP contribution is -2.14. The number of carbonyl (C=O) groups is 1. The summed E-state index contributed by atoms with van der Waals surface area (Å²) in [5.74, 6) is 0. The predicted molar refractivity (Wildman–Crippen MR) is 86.7 cm³/mol. The Morgan fingerprint density at radius 1 is 1.13 bits per heavy atom. The van der Waals surface area contributed by atoms with Crippen molar-refractivity contribution in [3.05, 3.63) is 71.9 Å². The van der Waals surface area contributed by atoms with Crippen LogP contribution in [0.2, 0.25) is 0 Å². The monoisotopic (exact) mass is 303 g/mol. The predicted octanol–water partition coefficient (Wildman–Crippen LogP) is 3.86. The summed E-state index contributed by atoms with van der Waals surface area (Å²) in [6, 6.07) is 18.4. The topological polar surface area (TPSA) is 75.0 Å². The van der Waals surface area contributed by atoms with Gasteiger partial charge in [0.1, 0.15) is 12.7 Å². The number of fused-ring (bicyclic) bond motifs is 1. The van der Waals surface area contributed by atoms with Crippen LogP contribution >= 0.6 is 0 Å². The largest absolute Gasteiger partial charge is 0.444 e. The first-order valence-corrected chi connectivity index (χ1v) is 7.03. The van der Waals surface area contributed by atoms with Crippen LogP contribution in [0.25, 0.3) is 10.9 Å². The summed E-state index contributed by atoms with van der Waals surface area (Å²) in [4.78, 5) is 16.1. The molecule has 0 atom stereocenters. The Morgan fingerprint density at radius 2 is 1.96 bits per heavy atom. The van der Waals surface area contributed by atoms with Crippen LogP contribution in [-0.4, -0.2) is 11.1 Å². The van der Waals surface area contributed by atoms with Crippen LogP contribution in [0.4, 0.5) is 10.5 Å². The van der Waals surface area contributed by atoms with Crippen molar-refractivity contribution in [3.63, 3.8) is 0 Å². The molecule has 5 nitrogen and oxygen atoms in total. The van der Waals surface area contributed by atoms with Crippen molar-refractivity contribution in [1.82, 2.24) is 4.98 Å². The molecule has 3 rings (SSSR count). The zero-order valence-electron chi connectivity index (χ0n) is 12.2. The maximum atomic E-state index is 11.9. The van der Waals surface area contributed by atoms with Crippen molar-refractivity contribution < 1.29 is 9.53 Å². The molecule has 2 aromatic carbocycles. The molecule has 0 aliphatic rings. The van der Waals surface area contributed by atoms with Gasteiger partial charge in [-0.1, -0.05) is 30.3 Å². The van der Waals surface area contributed by atoms with E-state index >= 15 is 0 Å². The van der Waals surface area contributed by atoms with E-state index in [1.807, 2.05) is 30.3 Å². The summed E-state index contributed by atoms with van der Waals surface area (Å²) in [7, 11) is 0. The highest BCUT2D eigenvalue weighted by molar-refractivity contribution is 5.95. The van der Waals surface area contributed by atoms with Gasteiger partial charge < -0.3 is 4.74 Å². The Morgan fingerprint density at radius 3 is 2.74 bits per heavy atom. The first-order valence-electron chi connectivity index (χ1n) is 7.03. The van der Waals surface area contributed by atoms with E-state index in [1.165, 1.54) is 0 Å². The lowest BCUT2D eigenvalue weighted by molar-refractivity contribution is 0.155. The zero-order valence-corrected chi connectivity index (χ0v) is 12.2. The lowest BCUT2D eigenvalue weighted by Gasteiger charge is -2.10. The molecule has 112 valence electrons. The Balaban J connectivity index is 1.76. The number of nitrogens with one attached hydrogen (secondary N) is 1. The van der Waals surface area contributed by atoms with Crippen LogP contribution in [-0.2, 0) is 11.3 Å². The highest BCUT2D eigenvalue weighted by atomic mass is 16.5. The molecular formula is C18H13N3O2. The molecule has 0 unspecified atom stereocenters. The van der Waals surface area contributed by atoms with Crippen molar-refractivity contribution in [2.45, 2.75) is 6.61 Å². The van der Waals surface area contributed by atoms with Crippen LogP contribution in [0.5, 0.6) is 0 Å². The summed E-state index contributed by atoms with van der Waals surface area (Å²) >= 11 is 0. The van der Waals surface area contributed by atoms with Crippen molar-refractivity contribution in [3.8, 4) is 6.07 Å². The van der Waals surface area contributed by atoms with E-state index in [-0.39, 0.29) is 6.61 Å². The fourth-order valence-electron chi connectivity index (χ4n) is 2.25. The molecule has 1 amide bonds. The number of rotatable bonds is 3. The van der Waals surface area contributed by atoms with E-state index in [2.05, 4.69) is 16.4 Å². The smallest absolute Gasteiger partial charge is 0.411 e. The van der Waals surface area contributed by atoms with Crippen LogP contribution in [0, 0.1) is 11.3 Å². The number of amides is 1. The summed E-state index contributed by atoms with van der Waals surface area (Å²) in [5, 5.41) is 12.7. The number of aromatic nitrogens is 1. The SMILES string of the molecule is N#Cc1c(NC(=O)OCc2ccccc2)ccc2ncccc12. The number of benzene rings is 2. The Hall–Kier alpha value is -3.39. The summed E-state index contributed by atoms with van der Waals surface area (Å²) in [6.45, 7) is 0.170. The van der Waals surface area contributed by atoms with Gasteiger partial charge in [0.05, 0.1) is 16.8 Å². The van der Waals surface area contributed by atoms with Gasteiger partial charge >= 0.3 is 6.09 Å². The molecule has 23 heavy (non-hydrogen) atoms. The molecular weight excluding hydrogens is 290 g/mol. The number of hydrogen-bond acceptors (Lipinski definition) is 4. The van der Waals surface area contributed by atoms with Gasteiger partial charge in [0.25, 0.3) is 0 Å². The van der Waals surface area contributed by atoms with E-state index < -0.39 is 6.09 Å². The van der Waals surface area contributed by atoms with Gasteiger partial charge in [0.2, 0.25) is 0 Å². The third-order valence-electron chi connectivity index (χ3n) is 3.35. The Bertz CT molecular complexity index is 886. The maximum Gasteiger partial charge on any atom is 0.411 e. The molecule has 0 aliphatic heterocycles. The normalized spacial score (nSPS) is 10.0. The van der Waals surface area contributed by atoms with Gasteiger partial charge in [-0.15, -0.1) is 0 Å². The first kappa shape index (κ1) is 14.5. The van der Waals surface area contributed by atoms with Crippen LogP contribution < -0.4 is 5.32 Å². The van der Waals surface area contributed by atoms with Crippen molar-refractivity contribution in [1.29, 1.82) is 5.26 Å². The number of nitriles is 1. The number of hydrogen-bond donors (Lipinski definition) is 1. The molecule has 3 aromatic rings. The number of nitrogens with zero attached hydrogens (tertiary/aromatic N) is 2. The second-order valence-electron chi connectivity index (χ2n) is 4.86. The standard InChI is InChI=1S/C18H13N3O2/c19-11-15-14-7-4-10-20-16(14)8-9-17(15)21-18(22)23-12-13-5-2-1-3-6-13/h1-10H,12H2,(H,21,22). The zero-order chi connectivity index (χ0) is 16.1. The van der Waals surface area contributed by atoms with E-state index in [0.717, 1.165) is 5.56 Å². The minimum absolute atomic E-state index is 0.170. The first-order chi connectivity index (χ1) is 11.3. The van der Waals surface area contributed by atoms with Crippen molar-refractivity contribution in [2.24, 2.45) is 0 Å². The molecule has 0 bridgehead atoms. The molecule has 0 radical (unpaired) electrons. The minimum Gasteiger partial charge on any atom is -0.444 e. The fraction of sp³-hybridized carbons (Fsp3) is 0.0556. The molecule has 0 saturated heterocycles. The molecule has 0 fully saturated rings. The average molecular weight is 303 g/mol. The molecule has 0 saturated carbocycles. The van der Waals surface area contributed by atoms with Crippen molar-refractivity contribution in [2.75, 3.05) is 5.32 Å². The molecule has 0 spiro atoms. The van der Waals surface area contributed by atoms with E-state index in [4.69, 9.17) is 4.74 Å². The highest BCUT2D eigenvalue weighted by Crippen LogP contribution is 2.24. The quantitative estimate of drug-likeness (QED) is 0.797. The molecule has 0 aliphatic carbocycles. The fourth-order valence-corrected chi connectivity index (χ4v) is 2.25. The maximum absolute atomic E-state index is 11.9. The van der Waals surface area contributed by atoms with E-state index in [9.17, 15) is 10.1 Å². The minimum atomic E-state index is -0.603. The van der Waals surface area contributed by atoms with Crippen LogP contribution in [0.3, 0.4) is 0 Å². The van der Waals surface area contributed by atoms with Gasteiger partial charge in [-0.3, -0.25) is 10.3 Å². The van der Waals surface area contributed by atoms with E-state index in [1.54, 1.807) is 30.5 Å². The molecule has 1 heterocycles. The van der Waals surface area contributed by atoms with Gasteiger partial charge in [-0.05, 0) is 29.8 Å².